The molecule has 90 valence electrons. The lowest BCUT2D eigenvalue weighted by atomic mass is 10.1. The van der Waals surface area contributed by atoms with Crippen molar-refractivity contribution >= 4 is 5.69 Å². The molecule has 16 heavy (non-hydrogen) atoms. The fourth-order valence-corrected chi connectivity index (χ4v) is 1.03. The molecular formula is C8H5F6NO. The van der Waals surface area contributed by atoms with Crippen LogP contribution in [0.25, 0.3) is 0 Å². The first kappa shape index (κ1) is 12.5. The quantitative estimate of drug-likeness (QED) is 0.641. The highest BCUT2D eigenvalue weighted by Gasteiger charge is 2.34. The van der Waals surface area contributed by atoms with Crippen molar-refractivity contribution in [3.8, 4) is 5.75 Å². The van der Waals surface area contributed by atoms with E-state index in [0.717, 1.165) is 0 Å². The van der Waals surface area contributed by atoms with Crippen LogP contribution in [0.5, 0.6) is 5.75 Å². The van der Waals surface area contributed by atoms with Gasteiger partial charge in [0.1, 0.15) is 11.6 Å². The van der Waals surface area contributed by atoms with Crippen molar-refractivity contribution in [1.29, 1.82) is 0 Å². The molecule has 1 aromatic carbocycles. The van der Waals surface area contributed by atoms with Crippen LogP contribution < -0.4 is 10.5 Å². The van der Waals surface area contributed by atoms with Gasteiger partial charge in [-0.3, -0.25) is 0 Å². The van der Waals surface area contributed by atoms with E-state index in [1.165, 1.54) is 0 Å². The SMILES string of the molecule is Nc1cc(F)c(C(F)F)c(OC(F)(F)F)c1. The predicted molar refractivity (Wildman–Crippen MR) is 42.5 cm³/mol. The van der Waals surface area contributed by atoms with E-state index in [9.17, 15) is 26.3 Å². The molecule has 0 aromatic heterocycles. The molecule has 0 atom stereocenters. The van der Waals surface area contributed by atoms with Crippen LogP contribution in [0.4, 0.5) is 32.0 Å². The number of nitrogen functional groups attached to an aromatic ring is 1. The largest absolute Gasteiger partial charge is 0.573 e. The Morgan fingerprint density at radius 3 is 2.19 bits per heavy atom. The standard InChI is InChI=1S/C8H5F6NO/c9-4-1-3(15)2-5(6(4)7(10)11)16-8(12,13)14/h1-2,7H,15H2. The van der Waals surface area contributed by atoms with Crippen molar-refractivity contribution in [2.75, 3.05) is 5.73 Å². The van der Waals surface area contributed by atoms with Crippen LogP contribution >= 0.6 is 0 Å². The lowest BCUT2D eigenvalue weighted by Crippen LogP contribution is -2.19. The minimum absolute atomic E-state index is 0.443. The van der Waals surface area contributed by atoms with Crippen molar-refractivity contribution in [3.05, 3.63) is 23.5 Å². The number of ether oxygens (including phenoxy) is 1. The predicted octanol–water partition coefficient (Wildman–Crippen LogP) is 3.24. The molecule has 0 unspecified atom stereocenters. The molecule has 0 radical (unpaired) electrons. The average molecular weight is 245 g/mol. The van der Waals surface area contributed by atoms with Gasteiger partial charge < -0.3 is 10.5 Å². The molecule has 0 heterocycles. The molecule has 8 heteroatoms. The van der Waals surface area contributed by atoms with E-state index in [0.29, 0.717) is 12.1 Å². The number of hydrogen-bond donors (Lipinski definition) is 1. The third-order valence-electron chi connectivity index (χ3n) is 1.56. The zero-order chi connectivity index (χ0) is 12.5. The molecule has 0 spiro atoms. The van der Waals surface area contributed by atoms with Gasteiger partial charge in [0.25, 0.3) is 6.43 Å². The van der Waals surface area contributed by atoms with Gasteiger partial charge in [0, 0.05) is 11.8 Å². The number of benzene rings is 1. The third kappa shape index (κ3) is 2.94. The van der Waals surface area contributed by atoms with E-state index < -0.39 is 35.6 Å². The zero-order valence-electron chi connectivity index (χ0n) is 7.49. The van der Waals surface area contributed by atoms with E-state index in [1.807, 2.05) is 0 Å². The average Bonchev–Trinajstić information content (AvgIpc) is 1.96. The van der Waals surface area contributed by atoms with Gasteiger partial charge >= 0.3 is 6.36 Å². The first-order valence-electron chi connectivity index (χ1n) is 3.83. The molecule has 0 aliphatic carbocycles. The summed E-state index contributed by atoms with van der Waals surface area (Å²) in [5.41, 5.74) is 3.11. The summed E-state index contributed by atoms with van der Waals surface area (Å²) in [5.74, 6) is -2.88. The molecule has 0 fully saturated rings. The maximum absolute atomic E-state index is 12.9. The summed E-state index contributed by atoms with van der Waals surface area (Å²) in [7, 11) is 0. The van der Waals surface area contributed by atoms with Gasteiger partial charge in [0.2, 0.25) is 0 Å². The summed E-state index contributed by atoms with van der Waals surface area (Å²) >= 11 is 0. The topological polar surface area (TPSA) is 35.2 Å². The van der Waals surface area contributed by atoms with Gasteiger partial charge in [-0.25, -0.2) is 13.2 Å². The lowest BCUT2D eigenvalue weighted by Gasteiger charge is -2.14. The van der Waals surface area contributed by atoms with Crippen molar-refractivity contribution in [3.63, 3.8) is 0 Å². The maximum Gasteiger partial charge on any atom is 0.573 e. The summed E-state index contributed by atoms with van der Waals surface area (Å²) < 4.78 is 76.2. The van der Waals surface area contributed by atoms with Crippen LogP contribution in [0.2, 0.25) is 0 Å². The van der Waals surface area contributed by atoms with Crippen LogP contribution in [0, 0.1) is 5.82 Å². The molecule has 2 N–H and O–H groups in total. The first-order valence-corrected chi connectivity index (χ1v) is 3.83. The van der Waals surface area contributed by atoms with Gasteiger partial charge in [0.15, 0.2) is 0 Å². The van der Waals surface area contributed by atoms with Crippen molar-refractivity contribution in [1.82, 2.24) is 0 Å². The monoisotopic (exact) mass is 245 g/mol. The molecule has 0 saturated carbocycles. The summed E-state index contributed by atoms with van der Waals surface area (Å²) in [4.78, 5) is 0. The van der Waals surface area contributed by atoms with E-state index in [1.54, 1.807) is 0 Å². The second-order valence-corrected chi connectivity index (χ2v) is 2.76. The number of nitrogens with two attached hydrogens (primary N) is 1. The fraction of sp³-hybridized carbons (Fsp3) is 0.250. The van der Waals surface area contributed by atoms with Gasteiger partial charge in [0.05, 0.1) is 5.56 Å². The smallest absolute Gasteiger partial charge is 0.405 e. The lowest BCUT2D eigenvalue weighted by molar-refractivity contribution is -0.275. The van der Waals surface area contributed by atoms with E-state index >= 15 is 0 Å². The maximum atomic E-state index is 12.9. The van der Waals surface area contributed by atoms with Gasteiger partial charge in [-0.1, -0.05) is 0 Å². The molecule has 0 aliphatic rings. The van der Waals surface area contributed by atoms with Crippen molar-refractivity contribution in [2.24, 2.45) is 0 Å². The van der Waals surface area contributed by atoms with Crippen LogP contribution in [0.1, 0.15) is 12.0 Å². The third-order valence-corrected chi connectivity index (χ3v) is 1.56. The minimum Gasteiger partial charge on any atom is -0.405 e. The van der Waals surface area contributed by atoms with Crippen LogP contribution in [0.15, 0.2) is 12.1 Å². The van der Waals surface area contributed by atoms with Crippen LogP contribution in [-0.2, 0) is 0 Å². The Bertz CT molecular complexity index is 389. The molecule has 0 amide bonds. The fourth-order valence-electron chi connectivity index (χ4n) is 1.03. The highest BCUT2D eigenvalue weighted by Crippen LogP contribution is 2.36. The van der Waals surface area contributed by atoms with Gasteiger partial charge in [-0.15, -0.1) is 13.2 Å². The Labute approximate surface area is 85.6 Å². The van der Waals surface area contributed by atoms with Gasteiger partial charge in [-0.05, 0) is 6.07 Å². The highest BCUT2D eigenvalue weighted by molar-refractivity contribution is 5.50. The Hall–Kier alpha value is -1.60. The van der Waals surface area contributed by atoms with Gasteiger partial charge in [-0.2, -0.15) is 0 Å². The Morgan fingerprint density at radius 1 is 1.19 bits per heavy atom. The molecule has 0 saturated heterocycles. The number of halogens is 6. The summed E-state index contributed by atoms with van der Waals surface area (Å²) in [6.07, 6.45) is -8.62. The number of alkyl halides is 5. The summed E-state index contributed by atoms with van der Waals surface area (Å²) in [5, 5.41) is 0. The molecule has 0 aliphatic heterocycles. The second-order valence-electron chi connectivity index (χ2n) is 2.76. The van der Waals surface area contributed by atoms with Crippen molar-refractivity contribution in [2.45, 2.75) is 12.8 Å². The van der Waals surface area contributed by atoms with Crippen LogP contribution in [-0.4, -0.2) is 6.36 Å². The number of hydrogen-bond acceptors (Lipinski definition) is 2. The minimum atomic E-state index is -5.19. The molecule has 1 aromatic rings. The number of anilines is 1. The number of rotatable bonds is 2. The van der Waals surface area contributed by atoms with E-state index in [2.05, 4.69) is 4.74 Å². The summed E-state index contributed by atoms with van der Waals surface area (Å²) in [6, 6.07) is 0.975. The summed E-state index contributed by atoms with van der Waals surface area (Å²) in [6.45, 7) is 0. The molecule has 1 rings (SSSR count). The van der Waals surface area contributed by atoms with Crippen molar-refractivity contribution < 1.29 is 31.1 Å². The highest BCUT2D eigenvalue weighted by atomic mass is 19.4. The Morgan fingerprint density at radius 2 is 1.75 bits per heavy atom. The normalized spacial score (nSPS) is 11.9. The Balaban J connectivity index is 3.24. The molecular weight excluding hydrogens is 240 g/mol. The molecule has 2 nitrogen and oxygen atoms in total. The zero-order valence-corrected chi connectivity index (χ0v) is 7.49. The van der Waals surface area contributed by atoms with E-state index in [-0.39, 0.29) is 0 Å². The first-order chi connectivity index (χ1) is 7.20. The molecule has 0 bridgehead atoms. The van der Waals surface area contributed by atoms with E-state index in [4.69, 9.17) is 5.73 Å². The second kappa shape index (κ2) is 4.11. The Kier molecular flexibility index (Phi) is 3.20. The van der Waals surface area contributed by atoms with Crippen LogP contribution in [0.3, 0.4) is 0 Å².